The van der Waals surface area contributed by atoms with E-state index in [1.807, 2.05) is 14.1 Å². The highest BCUT2D eigenvalue weighted by molar-refractivity contribution is 5.83. The first-order valence-corrected chi connectivity index (χ1v) is 7.49. The highest BCUT2D eigenvalue weighted by atomic mass is 16.5. The Kier molecular flexibility index (Phi) is 5.05. The number of morpholine rings is 1. The van der Waals surface area contributed by atoms with Crippen LogP contribution in [-0.2, 0) is 9.53 Å². The second-order valence-electron chi connectivity index (χ2n) is 6.11. The third-order valence-corrected chi connectivity index (χ3v) is 4.73. The summed E-state index contributed by atoms with van der Waals surface area (Å²) in [5.41, 5.74) is 0.000662. The normalized spacial score (nSPS) is 25.1. The number of nitrogens with zero attached hydrogens (tertiary/aromatic N) is 2. The molecule has 2 fully saturated rings. The Labute approximate surface area is 125 Å². The maximum Gasteiger partial charge on any atom is 0.328 e. The summed E-state index contributed by atoms with van der Waals surface area (Å²) in [5, 5.41) is 12.1. The lowest BCUT2D eigenvalue weighted by atomic mass is 9.96. The second kappa shape index (κ2) is 6.62. The maximum atomic E-state index is 12.3. The average Bonchev–Trinajstić information content (AvgIpc) is 2.95. The van der Waals surface area contributed by atoms with Crippen LogP contribution in [-0.4, -0.2) is 78.9 Å². The molecule has 2 N–H and O–H groups in total. The Balaban J connectivity index is 1.95. The van der Waals surface area contributed by atoms with Gasteiger partial charge in [0.1, 0.15) is 0 Å². The summed E-state index contributed by atoms with van der Waals surface area (Å²) >= 11 is 0. The first-order chi connectivity index (χ1) is 9.96. The first-order valence-electron chi connectivity index (χ1n) is 7.49. The predicted molar refractivity (Wildman–Crippen MR) is 77.2 cm³/mol. The number of carboxylic acid groups (broad SMARTS) is 1. The SMILES string of the molecule is CN(C)C1(CNC(=O)N2CCOCC2C(=O)O)CCCC1. The average molecular weight is 299 g/mol. The van der Waals surface area contributed by atoms with E-state index in [1.54, 1.807) is 0 Å². The van der Waals surface area contributed by atoms with Gasteiger partial charge in [0.2, 0.25) is 0 Å². The van der Waals surface area contributed by atoms with Crippen LogP contribution in [0.3, 0.4) is 0 Å². The van der Waals surface area contributed by atoms with Crippen LogP contribution < -0.4 is 5.32 Å². The van der Waals surface area contributed by atoms with E-state index < -0.39 is 12.0 Å². The second-order valence-corrected chi connectivity index (χ2v) is 6.11. The van der Waals surface area contributed by atoms with Gasteiger partial charge < -0.3 is 25.0 Å². The fourth-order valence-electron chi connectivity index (χ4n) is 3.21. The van der Waals surface area contributed by atoms with Crippen LogP contribution in [0.4, 0.5) is 4.79 Å². The molecule has 0 aromatic rings. The van der Waals surface area contributed by atoms with Gasteiger partial charge >= 0.3 is 12.0 Å². The number of carbonyl (C=O) groups excluding carboxylic acids is 1. The van der Waals surface area contributed by atoms with Gasteiger partial charge in [0.25, 0.3) is 0 Å². The molecule has 1 aliphatic heterocycles. The Morgan fingerprint density at radius 1 is 1.38 bits per heavy atom. The van der Waals surface area contributed by atoms with E-state index in [-0.39, 0.29) is 18.2 Å². The molecule has 21 heavy (non-hydrogen) atoms. The van der Waals surface area contributed by atoms with Crippen LogP contribution in [0.1, 0.15) is 25.7 Å². The molecule has 2 amide bonds. The highest BCUT2D eigenvalue weighted by Crippen LogP contribution is 2.33. The number of urea groups is 1. The third-order valence-electron chi connectivity index (χ3n) is 4.73. The number of carboxylic acids is 1. The standard InChI is InChI=1S/C14H25N3O4/c1-16(2)14(5-3-4-6-14)10-15-13(20)17-7-8-21-9-11(17)12(18)19/h11H,3-10H2,1-2H3,(H,15,20)(H,18,19). The molecule has 1 saturated carbocycles. The maximum absolute atomic E-state index is 12.3. The molecule has 1 saturated heterocycles. The molecule has 1 atom stereocenters. The molecule has 120 valence electrons. The lowest BCUT2D eigenvalue weighted by molar-refractivity contribution is -0.147. The number of carbonyl (C=O) groups is 2. The molecule has 0 aromatic carbocycles. The van der Waals surface area contributed by atoms with Gasteiger partial charge in [-0.2, -0.15) is 0 Å². The molecular formula is C14H25N3O4. The van der Waals surface area contributed by atoms with E-state index in [9.17, 15) is 9.59 Å². The van der Waals surface area contributed by atoms with Gasteiger partial charge in [-0.05, 0) is 26.9 Å². The molecule has 2 rings (SSSR count). The largest absolute Gasteiger partial charge is 0.480 e. The van der Waals surface area contributed by atoms with Crippen molar-refractivity contribution in [1.82, 2.24) is 15.1 Å². The van der Waals surface area contributed by atoms with Crippen molar-refractivity contribution in [2.24, 2.45) is 0 Å². The minimum absolute atomic E-state index is 0.000662. The summed E-state index contributed by atoms with van der Waals surface area (Å²) in [5.74, 6) is -1.02. The number of hydrogen-bond acceptors (Lipinski definition) is 4. The molecule has 1 heterocycles. The van der Waals surface area contributed by atoms with Crippen molar-refractivity contribution in [3.8, 4) is 0 Å². The van der Waals surface area contributed by atoms with Gasteiger partial charge in [0.15, 0.2) is 6.04 Å². The Morgan fingerprint density at radius 3 is 2.62 bits per heavy atom. The van der Waals surface area contributed by atoms with Crippen molar-refractivity contribution in [3.05, 3.63) is 0 Å². The van der Waals surface area contributed by atoms with Gasteiger partial charge in [-0.25, -0.2) is 9.59 Å². The molecule has 0 bridgehead atoms. The van der Waals surface area contributed by atoms with E-state index in [4.69, 9.17) is 9.84 Å². The highest BCUT2D eigenvalue weighted by Gasteiger charge is 2.38. The summed E-state index contributed by atoms with van der Waals surface area (Å²) in [4.78, 5) is 27.0. The number of aliphatic carboxylic acids is 1. The van der Waals surface area contributed by atoms with E-state index in [0.717, 1.165) is 12.8 Å². The Hall–Kier alpha value is -1.34. The van der Waals surface area contributed by atoms with E-state index >= 15 is 0 Å². The number of rotatable bonds is 4. The Bertz CT molecular complexity index is 394. The topological polar surface area (TPSA) is 82.1 Å². The zero-order valence-corrected chi connectivity index (χ0v) is 12.8. The number of hydrogen-bond donors (Lipinski definition) is 2. The quantitative estimate of drug-likeness (QED) is 0.783. The Morgan fingerprint density at radius 2 is 2.05 bits per heavy atom. The molecular weight excluding hydrogens is 274 g/mol. The third kappa shape index (κ3) is 3.47. The predicted octanol–water partition coefficient (Wildman–Crippen LogP) is 0.356. The minimum Gasteiger partial charge on any atom is -0.480 e. The van der Waals surface area contributed by atoms with Crippen molar-refractivity contribution in [3.63, 3.8) is 0 Å². The van der Waals surface area contributed by atoms with Crippen LogP contribution in [0, 0.1) is 0 Å². The van der Waals surface area contributed by atoms with E-state index in [1.165, 1.54) is 17.7 Å². The smallest absolute Gasteiger partial charge is 0.328 e. The number of ether oxygens (including phenoxy) is 1. The summed E-state index contributed by atoms with van der Waals surface area (Å²) < 4.78 is 5.15. The van der Waals surface area contributed by atoms with Crippen LogP contribution in [0.2, 0.25) is 0 Å². The van der Waals surface area contributed by atoms with Gasteiger partial charge in [-0.1, -0.05) is 12.8 Å². The minimum atomic E-state index is -1.02. The van der Waals surface area contributed by atoms with Gasteiger partial charge in [0.05, 0.1) is 13.2 Å². The molecule has 0 aromatic heterocycles. The molecule has 0 spiro atoms. The zero-order chi connectivity index (χ0) is 15.5. The number of likely N-dealkylation sites (N-methyl/N-ethyl adjacent to an activating group) is 1. The summed E-state index contributed by atoms with van der Waals surface area (Å²) in [6.45, 7) is 1.32. The van der Waals surface area contributed by atoms with Crippen LogP contribution in [0.15, 0.2) is 0 Å². The summed E-state index contributed by atoms with van der Waals surface area (Å²) in [6.07, 6.45) is 4.46. The molecule has 1 unspecified atom stereocenters. The summed E-state index contributed by atoms with van der Waals surface area (Å²) in [6, 6.07) is -1.20. The molecule has 7 nitrogen and oxygen atoms in total. The van der Waals surface area contributed by atoms with Crippen molar-refractivity contribution < 1.29 is 19.4 Å². The first kappa shape index (κ1) is 16.0. The molecule has 1 aliphatic carbocycles. The van der Waals surface area contributed by atoms with Crippen molar-refractivity contribution >= 4 is 12.0 Å². The van der Waals surface area contributed by atoms with Crippen LogP contribution in [0.5, 0.6) is 0 Å². The lowest BCUT2D eigenvalue weighted by Gasteiger charge is -2.38. The van der Waals surface area contributed by atoms with Crippen LogP contribution >= 0.6 is 0 Å². The monoisotopic (exact) mass is 299 g/mol. The van der Waals surface area contributed by atoms with E-state index in [0.29, 0.717) is 19.7 Å². The molecule has 7 heteroatoms. The van der Waals surface area contributed by atoms with Gasteiger partial charge in [0, 0.05) is 18.6 Å². The fraction of sp³-hybridized carbons (Fsp3) is 0.857. The number of nitrogens with one attached hydrogen (secondary N) is 1. The lowest BCUT2D eigenvalue weighted by Crippen LogP contribution is -2.58. The van der Waals surface area contributed by atoms with Crippen LogP contribution in [0.25, 0.3) is 0 Å². The van der Waals surface area contributed by atoms with Crippen molar-refractivity contribution in [1.29, 1.82) is 0 Å². The van der Waals surface area contributed by atoms with Crippen molar-refractivity contribution in [2.75, 3.05) is 40.4 Å². The fourth-order valence-corrected chi connectivity index (χ4v) is 3.21. The molecule has 2 aliphatic rings. The number of amides is 2. The molecule has 0 radical (unpaired) electrons. The zero-order valence-electron chi connectivity index (χ0n) is 12.8. The van der Waals surface area contributed by atoms with Crippen molar-refractivity contribution in [2.45, 2.75) is 37.3 Å². The summed E-state index contributed by atoms with van der Waals surface area (Å²) in [7, 11) is 4.07. The van der Waals surface area contributed by atoms with Gasteiger partial charge in [-0.3, -0.25) is 0 Å². The van der Waals surface area contributed by atoms with E-state index in [2.05, 4.69) is 10.2 Å². The van der Waals surface area contributed by atoms with Gasteiger partial charge in [-0.15, -0.1) is 0 Å².